The van der Waals surface area contributed by atoms with E-state index in [1.54, 1.807) is 29.3 Å². The molecule has 0 atom stereocenters. The Labute approximate surface area is 198 Å². The highest BCUT2D eigenvalue weighted by Gasteiger charge is 2.26. The maximum absolute atomic E-state index is 13.1. The standard InChI is InChI=1S/C28H25N3O3/c32-27(22-10-12-23(13-11-22)34-20-21-6-2-1-3-7-21)30-16-18-31(19-17-30)28(33)25-14-15-29-26-9-5-4-8-24(25)26/h1-15H,16-20H2. The third kappa shape index (κ3) is 4.62. The van der Waals surface area contributed by atoms with Gasteiger partial charge in [-0.15, -0.1) is 0 Å². The van der Waals surface area contributed by atoms with E-state index in [4.69, 9.17) is 4.74 Å². The van der Waals surface area contributed by atoms with Crippen LogP contribution in [0.25, 0.3) is 10.9 Å². The summed E-state index contributed by atoms with van der Waals surface area (Å²) in [5.74, 6) is 0.669. The van der Waals surface area contributed by atoms with Gasteiger partial charge in [-0.2, -0.15) is 0 Å². The summed E-state index contributed by atoms with van der Waals surface area (Å²) in [5.41, 5.74) is 3.16. The number of carbonyl (C=O) groups excluding carboxylic acids is 2. The number of amides is 2. The molecule has 0 unspecified atom stereocenters. The van der Waals surface area contributed by atoms with Gasteiger partial charge in [-0.3, -0.25) is 14.6 Å². The van der Waals surface area contributed by atoms with Crippen molar-refractivity contribution in [1.29, 1.82) is 0 Å². The van der Waals surface area contributed by atoms with Crippen LogP contribution in [0.4, 0.5) is 0 Å². The van der Waals surface area contributed by atoms with Crippen LogP contribution in [0, 0.1) is 0 Å². The van der Waals surface area contributed by atoms with Gasteiger partial charge in [-0.05, 0) is 42.0 Å². The van der Waals surface area contributed by atoms with Crippen LogP contribution in [0.1, 0.15) is 26.3 Å². The Morgan fingerprint density at radius 2 is 1.38 bits per heavy atom. The Bertz CT molecular complexity index is 1290. The molecular formula is C28H25N3O3. The van der Waals surface area contributed by atoms with Gasteiger partial charge in [-0.1, -0.05) is 48.5 Å². The molecule has 6 heteroatoms. The number of hydrogen-bond acceptors (Lipinski definition) is 4. The van der Waals surface area contributed by atoms with E-state index in [1.807, 2.05) is 71.6 Å². The Morgan fingerprint density at radius 3 is 2.12 bits per heavy atom. The third-order valence-corrected chi connectivity index (χ3v) is 6.08. The quantitative estimate of drug-likeness (QED) is 0.451. The number of piperazine rings is 1. The summed E-state index contributed by atoms with van der Waals surface area (Å²) in [6.07, 6.45) is 1.67. The number of rotatable bonds is 5. The van der Waals surface area contributed by atoms with Crippen LogP contribution in [0.2, 0.25) is 0 Å². The van der Waals surface area contributed by atoms with Gasteiger partial charge in [0.25, 0.3) is 11.8 Å². The maximum atomic E-state index is 13.1. The van der Waals surface area contributed by atoms with E-state index in [2.05, 4.69) is 4.98 Å². The van der Waals surface area contributed by atoms with Crippen molar-refractivity contribution >= 4 is 22.7 Å². The molecule has 1 fully saturated rings. The molecule has 170 valence electrons. The van der Waals surface area contributed by atoms with Crippen LogP contribution in [-0.4, -0.2) is 52.8 Å². The zero-order valence-corrected chi connectivity index (χ0v) is 18.8. The Kier molecular flexibility index (Phi) is 6.21. The number of para-hydroxylation sites is 1. The number of carbonyl (C=O) groups is 2. The van der Waals surface area contributed by atoms with Crippen molar-refractivity contribution in [3.63, 3.8) is 0 Å². The average molecular weight is 452 g/mol. The smallest absolute Gasteiger partial charge is 0.254 e. The highest BCUT2D eigenvalue weighted by atomic mass is 16.5. The van der Waals surface area contributed by atoms with Crippen molar-refractivity contribution in [2.45, 2.75) is 6.61 Å². The minimum atomic E-state index is -0.0314. The van der Waals surface area contributed by atoms with Gasteiger partial charge in [0.05, 0.1) is 11.1 Å². The highest BCUT2D eigenvalue weighted by molar-refractivity contribution is 6.06. The topological polar surface area (TPSA) is 62.7 Å². The molecule has 1 aromatic heterocycles. The van der Waals surface area contributed by atoms with Crippen LogP contribution >= 0.6 is 0 Å². The van der Waals surface area contributed by atoms with Crippen molar-refractivity contribution in [2.24, 2.45) is 0 Å². The molecule has 1 aliphatic heterocycles. The fourth-order valence-corrected chi connectivity index (χ4v) is 4.18. The first-order chi connectivity index (χ1) is 16.7. The number of nitrogens with zero attached hydrogens (tertiary/aromatic N) is 3. The second-order valence-corrected chi connectivity index (χ2v) is 8.26. The van der Waals surface area contributed by atoms with E-state index >= 15 is 0 Å². The van der Waals surface area contributed by atoms with Crippen molar-refractivity contribution < 1.29 is 14.3 Å². The van der Waals surface area contributed by atoms with Crippen LogP contribution < -0.4 is 4.74 Å². The van der Waals surface area contributed by atoms with Crippen LogP contribution in [0.15, 0.2) is 91.1 Å². The Morgan fingerprint density at radius 1 is 0.735 bits per heavy atom. The maximum Gasteiger partial charge on any atom is 0.254 e. The predicted octanol–water partition coefficient (Wildman–Crippen LogP) is 4.41. The fraction of sp³-hybridized carbons (Fsp3) is 0.179. The lowest BCUT2D eigenvalue weighted by molar-refractivity contribution is 0.0536. The monoisotopic (exact) mass is 451 g/mol. The number of hydrogen-bond donors (Lipinski definition) is 0. The molecule has 4 aromatic rings. The molecule has 34 heavy (non-hydrogen) atoms. The molecule has 5 rings (SSSR count). The highest BCUT2D eigenvalue weighted by Crippen LogP contribution is 2.20. The summed E-state index contributed by atoms with van der Waals surface area (Å²) in [6.45, 7) is 2.48. The van der Waals surface area contributed by atoms with E-state index in [1.165, 1.54) is 0 Å². The van der Waals surface area contributed by atoms with Crippen LogP contribution in [-0.2, 0) is 6.61 Å². The van der Waals surface area contributed by atoms with Gasteiger partial charge >= 0.3 is 0 Å². The average Bonchev–Trinajstić information content (AvgIpc) is 2.92. The molecule has 1 saturated heterocycles. The second-order valence-electron chi connectivity index (χ2n) is 8.26. The van der Waals surface area contributed by atoms with Gasteiger partial charge < -0.3 is 14.5 Å². The Balaban J connectivity index is 1.18. The fourth-order valence-electron chi connectivity index (χ4n) is 4.18. The molecule has 2 amide bonds. The summed E-state index contributed by atoms with van der Waals surface area (Å²) in [7, 11) is 0. The number of aromatic nitrogens is 1. The summed E-state index contributed by atoms with van der Waals surface area (Å²) in [4.78, 5) is 34.1. The SMILES string of the molecule is O=C(c1ccc(OCc2ccccc2)cc1)N1CCN(C(=O)c2ccnc3ccccc23)CC1. The van der Waals surface area contributed by atoms with E-state index in [0.717, 1.165) is 22.2 Å². The van der Waals surface area contributed by atoms with E-state index in [0.29, 0.717) is 43.9 Å². The first-order valence-electron chi connectivity index (χ1n) is 11.4. The first kappa shape index (κ1) is 21.6. The number of fused-ring (bicyclic) bond motifs is 1. The molecule has 0 N–H and O–H groups in total. The molecule has 0 spiro atoms. The lowest BCUT2D eigenvalue weighted by Crippen LogP contribution is -2.50. The van der Waals surface area contributed by atoms with Crippen LogP contribution in [0.5, 0.6) is 5.75 Å². The number of benzene rings is 3. The summed E-state index contributed by atoms with van der Waals surface area (Å²) < 4.78 is 5.81. The van der Waals surface area contributed by atoms with Gasteiger partial charge in [0, 0.05) is 43.3 Å². The van der Waals surface area contributed by atoms with Crippen molar-refractivity contribution in [2.75, 3.05) is 26.2 Å². The first-order valence-corrected chi connectivity index (χ1v) is 11.4. The van der Waals surface area contributed by atoms with Gasteiger partial charge in [0.1, 0.15) is 12.4 Å². The van der Waals surface area contributed by atoms with Crippen LogP contribution in [0.3, 0.4) is 0 Å². The summed E-state index contributed by atoms with van der Waals surface area (Å²) in [5, 5.41) is 0.850. The summed E-state index contributed by atoms with van der Waals surface area (Å²) in [6, 6.07) is 26.6. The molecular weight excluding hydrogens is 426 g/mol. The van der Waals surface area contributed by atoms with Gasteiger partial charge in [-0.25, -0.2) is 0 Å². The minimum Gasteiger partial charge on any atom is -0.489 e. The third-order valence-electron chi connectivity index (χ3n) is 6.08. The normalized spacial score (nSPS) is 13.6. The van der Waals surface area contributed by atoms with Crippen molar-refractivity contribution in [3.05, 3.63) is 108 Å². The molecule has 0 aliphatic carbocycles. The zero-order valence-electron chi connectivity index (χ0n) is 18.8. The Hall–Kier alpha value is -4.19. The molecule has 2 heterocycles. The molecule has 0 bridgehead atoms. The minimum absolute atomic E-state index is 0.0226. The predicted molar refractivity (Wildman–Crippen MR) is 131 cm³/mol. The van der Waals surface area contributed by atoms with E-state index in [9.17, 15) is 9.59 Å². The van der Waals surface area contributed by atoms with Crippen molar-refractivity contribution in [1.82, 2.24) is 14.8 Å². The lowest BCUT2D eigenvalue weighted by atomic mass is 10.1. The molecule has 3 aromatic carbocycles. The van der Waals surface area contributed by atoms with E-state index < -0.39 is 0 Å². The zero-order chi connectivity index (χ0) is 23.3. The van der Waals surface area contributed by atoms with Gasteiger partial charge in [0.15, 0.2) is 0 Å². The number of pyridine rings is 1. The van der Waals surface area contributed by atoms with Crippen molar-refractivity contribution in [3.8, 4) is 5.75 Å². The second kappa shape index (κ2) is 9.75. The summed E-state index contributed by atoms with van der Waals surface area (Å²) >= 11 is 0. The van der Waals surface area contributed by atoms with E-state index in [-0.39, 0.29) is 11.8 Å². The molecule has 0 radical (unpaired) electrons. The largest absolute Gasteiger partial charge is 0.489 e. The molecule has 0 saturated carbocycles. The lowest BCUT2D eigenvalue weighted by Gasteiger charge is -2.35. The molecule has 1 aliphatic rings. The molecule has 6 nitrogen and oxygen atoms in total. The number of ether oxygens (including phenoxy) is 1. The van der Waals surface area contributed by atoms with Gasteiger partial charge in [0.2, 0.25) is 0 Å².